The lowest BCUT2D eigenvalue weighted by Gasteiger charge is -2.58. The number of nitrogens with one attached hydrogen (secondary N) is 1. The third kappa shape index (κ3) is 5.65. The summed E-state index contributed by atoms with van der Waals surface area (Å²) < 4.78 is 13.5. The molecule has 0 unspecified atom stereocenters. The van der Waals surface area contributed by atoms with Gasteiger partial charge in [0, 0.05) is 38.5 Å². The summed E-state index contributed by atoms with van der Waals surface area (Å²) >= 11 is 0. The first kappa shape index (κ1) is 28.2. The van der Waals surface area contributed by atoms with Gasteiger partial charge in [-0.15, -0.1) is 0 Å². The minimum absolute atomic E-state index is 0.138. The van der Waals surface area contributed by atoms with Gasteiger partial charge >= 0.3 is 6.09 Å². The maximum atomic E-state index is 13.5. The van der Waals surface area contributed by atoms with Crippen LogP contribution in [0.4, 0.5) is 9.18 Å². The summed E-state index contributed by atoms with van der Waals surface area (Å²) in [5.74, 6) is 2.54. The van der Waals surface area contributed by atoms with Crippen LogP contribution >= 0.6 is 0 Å². The minimum Gasteiger partial charge on any atom is -0.314 e. The topological polar surface area (TPSA) is 74.2 Å². The number of nitrogens with zero attached hydrogens (tertiary/aromatic N) is 3. The fourth-order valence-corrected chi connectivity index (χ4v) is 8.32. The van der Waals surface area contributed by atoms with Crippen LogP contribution in [0.2, 0.25) is 0 Å². The monoisotopic (exact) mass is 518 g/mol. The van der Waals surface area contributed by atoms with Gasteiger partial charge in [-0.2, -0.15) is 0 Å². The highest BCUT2D eigenvalue weighted by atomic mass is 19.1. The number of fused-ring (bicyclic) bond motifs is 5. The van der Waals surface area contributed by atoms with Crippen LogP contribution in [0.5, 0.6) is 0 Å². The van der Waals surface area contributed by atoms with E-state index in [4.69, 9.17) is 4.84 Å². The average molecular weight is 519 g/mol. The smallest absolute Gasteiger partial charge is 0.314 e. The van der Waals surface area contributed by atoms with Crippen molar-refractivity contribution in [2.45, 2.75) is 72.1 Å². The van der Waals surface area contributed by atoms with Gasteiger partial charge < -0.3 is 10.2 Å². The summed E-state index contributed by atoms with van der Waals surface area (Å²) in [5, 5.41) is 7.47. The molecule has 8 heteroatoms. The molecule has 0 aromatic rings. The molecule has 0 bridgehead atoms. The molecule has 0 saturated heterocycles. The van der Waals surface area contributed by atoms with Gasteiger partial charge in [-0.05, 0) is 101 Å². The summed E-state index contributed by atoms with van der Waals surface area (Å²) in [5.41, 5.74) is 2.56. The second-order valence-electron chi connectivity index (χ2n) is 12.7. The SMILES string of the molecule is C/C(=N\OC(=O)N(CF)CCNCCN(C)C)[C@H]1CC[C@H]2[C@@H]3CCC4=CC(=O)CC[C@]4(C)[C@H]3CC[C@]12C. The van der Waals surface area contributed by atoms with E-state index in [0.29, 0.717) is 36.5 Å². The van der Waals surface area contributed by atoms with Crippen LogP contribution in [0.1, 0.15) is 72.1 Å². The lowest BCUT2D eigenvalue weighted by molar-refractivity contribution is -0.117. The first-order valence-corrected chi connectivity index (χ1v) is 14.3. The number of ketones is 1. The number of allylic oxidation sites excluding steroid dienone is 1. The Labute approximate surface area is 222 Å². The van der Waals surface area contributed by atoms with E-state index in [1.54, 1.807) is 0 Å². The van der Waals surface area contributed by atoms with Crippen LogP contribution in [0.25, 0.3) is 0 Å². The van der Waals surface area contributed by atoms with Crippen molar-refractivity contribution in [1.82, 2.24) is 15.1 Å². The van der Waals surface area contributed by atoms with E-state index in [-0.39, 0.29) is 23.3 Å². The molecule has 4 rings (SSSR count). The van der Waals surface area contributed by atoms with E-state index in [2.05, 4.69) is 29.2 Å². The highest BCUT2D eigenvalue weighted by Crippen LogP contribution is 2.66. The predicted molar refractivity (Wildman–Crippen MR) is 144 cm³/mol. The molecule has 0 aromatic carbocycles. The maximum absolute atomic E-state index is 13.5. The van der Waals surface area contributed by atoms with Gasteiger partial charge in [-0.3, -0.25) is 14.5 Å². The average Bonchev–Trinajstić information content (AvgIpc) is 3.22. The molecule has 0 spiro atoms. The molecule has 208 valence electrons. The summed E-state index contributed by atoms with van der Waals surface area (Å²) in [4.78, 5) is 33.0. The van der Waals surface area contributed by atoms with Crippen LogP contribution in [0.3, 0.4) is 0 Å². The highest BCUT2D eigenvalue weighted by Gasteiger charge is 2.59. The molecule has 1 amide bonds. The molecule has 0 heterocycles. The van der Waals surface area contributed by atoms with E-state index in [1.807, 2.05) is 27.1 Å². The number of likely N-dealkylation sites (N-methyl/N-ethyl adjacent to an activating group) is 1. The zero-order valence-corrected chi connectivity index (χ0v) is 23.5. The number of rotatable bonds is 9. The Morgan fingerprint density at radius 3 is 2.59 bits per heavy atom. The Bertz CT molecular complexity index is 921. The number of carbonyl (C=O) groups excluding carboxylic acids is 2. The number of halogens is 1. The highest BCUT2D eigenvalue weighted by molar-refractivity contribution is 5.91. The lowest BCUT2D eigenvalue weighted by atomic mass is 9.46. The van der Waals surface area contributed by atoms with Crippen molar-refractivity contribution in [2.75, 3.05) is 47.1 Å². The summed E-state index contributed by atoms with van der Waals surface area (Å²) in [6.07, 6.45) is 9.69. The Kier molecular flexibility index (Phi) is 8.79. The Hall–Kier alpha value is -1.80. The van der Waals surface area contributed by atoms with Gasteiger partial charge in [0.15, 0.2) is 12.6 Å². The molecule has 3 fully saturated rings. The quantitative estimate of drug-likeness (QED) is 0.152. The number of amides is 1. The molecule has 3 saturated carbocycles. The molecular formula is C29H47FN4O3. The molecule has 1 N–H and O–H groups in total. The summed E-state index contributed by atoms with van der Waals surface area (Å²) in [7, 11) is 3.99. The number of hydrogen-bond donors (Lipinski definition) is 1. The van der Waals surface area contributed by atoms with E-state index in [9.17, 15) is 14.0 Å². The minimum atomic E-state index is -0.893. The zero-order valence-electron chi connectivity index (χ0n) is 23.5. The zero-order chi connectivity index (χ0) is 26.8. The van der Waals surface area contributed by atoms with Gasteiger partial charge in [0.05, 0.1) is 5.71 Å². The number of oxime groups is 1. The second-order valence-corrected chi connectivity index (χ2v) is 12.7. The molecule has 0 aromatic heterocycles. The third-order valence-electron chi connectivity index (χ3n) is 10.4. The second kappa shape index (κ2) is 11.5. The number of alkyl halides is 1. The van der Waals surface area contributed by atoms with E-state index in [0.717, 1.165) is 49.4 Å². The molecule has 4 aliphatic carbocycles. The predicted octanol–water partition coefficient (Wildman–Crippen LogP) is 5.03. The summed E-state index contributed by atoms with van der Waals surface area (Å²) in [6.45, 7) is 8.30. The molecule has 7 nitrogen and oxygen atoms in total. The molecule has 0 radical (unpaired) electrons. The van der Waals surface area contributed by atoms with Crippen molar-refractivity contribution in [3.63, 3.8) is 0 Å². The molecule has 0 aliphatic heterocycles. The number of hydrogen-bond acceptors (Lipinski definition) is 6. The lowest BCUT2D eigenvalue weighted by Crippen LogP contribution is -2.51. The third-order valence-corrected chi connectivity index (χ3v) is 10.4. The van der Waals surface area contributed by atoms with Crippen LogP contribution < -0.4 is 5.32 Å². The van der Waals surface area contributed by atoms with Crippen LogP contribution in [-0.2, 0) is 9.63 Å². The number of carbonyl (C=O) groups is 2. The van der Waals surface area contributed by atoms with E-state index in [1.165, 1.54) is 24.8 Å². The Balaban J connectivity index is 1.36. The van der Waals surface area contributed by atoms with Crippen molar-refractivity contribution in [3.05, 3.63) is 11.6 Å². The normalized spacial score (nSPS) is 35.5. The van der Waals surface area contributed by atoms with Gasteiger partial charge in [0.1, 0.15) is 0 Å². The Morgan fingerprint density at radius 2 is 1.86 bits per heavy atom. The Morgan fingerprint density at radius 1 is 1.11 bits per heavy atom. The van der Waals surface area contributed by atoms with E-state index >= 15 is 0 Å². The van der Waals surface area contributed by atoms with Crippen LogP contribution in [-0.4, -0.2) is 74.5 Å². The molecule has 6 atom stereocenters. The fraction of sp³-hybridized carbons (Fsp3) is 0.828. The van der Waals surface area contributed by atoms with Gasteiger partial charge in [0.25, 0.3) is 0 Å². The molecule has 4 aliphatic rings. The van der Waals surface area contributed by atoms with Gasteiger partial charge in [-0.25, -0.2) is 9.18 Å². The van der Waals surface area contributed by atoms with Crippen molar-refractivity contribution in [1.29, 1.82) is 0 Å². The van der Waals surface area contributed by atoms with Gasteiger partial charge in [-0.1, -0.05) is 24.6 Å². The van der Waals surface area contributed by atoms with Crippen LogP contribution in [0, 0.1) is 34.5 Å². The first-order valence-electron chi connectivity index (χ1n) is 14.3. The van der Waals surface area contributed by atoms with Crippen molar-refractivity contribution in [2.24, 2.45) is 39.7 Å². The van der Waals surface area contributed by atoms with Crippen molar-refractivity contribution >= 4 is 17.6 Å². The van der Waals surface area contributed by atoms with Crippen LogP contribution in [0.15, 0.2) is 16.8 Å². The van der Waals surface area contributed by atoms with Gasteiger partial charge in [0.2, 0.25) is 0 Å². The molecule has 37 heavy (non-hydrogen) atoms. The standard InChI is InChI=1S/C29H47FN4O3/c1-20(32-37-27(36)34(19-30)17-15-31-14-16-33(4)5)24-8-9-25-23-7-6-21-18-22(35)10-12-28(21,2)26(23)11-13-29(24,25)3/h18,23-26,31H,6-17,19H2,1-5H3/b32-20+/t23-,24+,25-,26-,28-,29+/m0/s1. The largest absolute Gasteiger partial charge is 0.438 e. The molecular weight excluding hydrogens is 471 g/mol. The fourth-order valence-electron chi connectivity index (χ4n) is 8.32. The summed E-state index contributed by atoms with van der Waals surface area (Å²) in [6, 6.07) is 0. The van der Waals surface area contributed by atoms with E-state index < -0.39 is 12.9 Å². The van der Waals surface area contributed by atoms with Crippen molar-refractivity contribution < 1.29 is 18.8 Å². The van der Waals surface area contributed by atoms with Crippen molar-refractivity contribution in [3.8, 4) is 0 Å². The maximum Gasteiger partial charge on any atom is 0.438 e. The first-order chi connectivity index (χ1) is 17.6.